The van der Waals surface area contributed by atoms with E-state index in [0.717, 1.165) is 28.4 Å². The Labute approximate surface area is 116 Å². The summed E-state index contributed by atoms with van der Waals surface area (Å²) in [6.45, 7) is 3.46. The summed E-state index contributed by atoms with van der Waals surface area (Å²) in [6.07, 6.45) is 4.13. The monoisotopic (exact) mass is 311 g/mol. The predicted molar refractivity (Wildman–Crippen MR) is 73.9 cm³/mol. The summed E-state index contributed by atoms with van der Waals surface area (Å²) in [6, 6.07) is 4.75. The average molecular weight is 312 g/mol. The van der Waals surface area contributed by atoms with Crippen molar-refractivity contribution >= 4 is 15.9 Å². The lowest BCUT2D eigenvalue weighted by Crippen LogP contribution is -2.25. The van der Waals surface area contributed by atoms with Crippen LogP contribution >= 0.6 is 15.9 Å². The number of hydrogen-bond acceptors (Lipinski definition) is 3. The van der Waals surface area contributed by atoms with Crippen LogP contribution in [0.4, 0.5) is 0 Å². The molecule has 1 aliphatic carbocycles. The zero-order valence-corrected chi connectivity index (χ0v) is 12.1. The smallest absolute Gasteiger partial charge is 0.231 e. The van der Waals surface area contributed by atoms with E-state index < -0.39 is 0 Å². The van der Waals surface area contributed by atoms with Gasteiger partial charge in [-0.2, -0.15) is 0 Å². The highest BCUT2D eigenvalue weighted by Crippen LogP contribution is 2.40. The molecule has 1 saturated carbocycles. The van der Waals surface area contributed by atoms with Crippen molar-refractivity contribution in [1.29, 1.82) is 0 Å². The highest BCUT2D eigenvalue weighted by atomic mass is 79.9. The van der Waals surface area contributed by atoms with Gasteiger partial charge >= 0.3 is 0 Å². The molecule has 0 radical (unpaired) electrons. The maximum Gasteiger partial charge on any atom is 0.231 e. The van der Waals surface area contributed by atoms with E-state index in [9.17, 15) is 0 Å². The van der Waals surface area contributed by atoms with Gasteiger partial charge < -0.3 is 14.8 Å². The Hall–Kier alpha value is -0.740. The third-order valence-electron chi connectivity index (χ3n) is 3.53. The minimum absolute atomic E-state index is 0.322. The molecule has 1 N–H and O–H groups in total. The maximum atomic E-state index is 5.42. The van der Waals surface area contributed by atoms with Gasteiger partial charge in [-0.25, -0.2) is 0 Å². The summed E-state index contributed by atoms with van der Waals surface area (Å²) in [5.74, 6) is 2.64. The summed E-state index contributed by atoms with van der Waals surface area (Å²) in [4.78, 5) is 0. The van der Waals surface area contributed by atoms with Crippen molar-refractivity contribution in [3.8, 4) is 11.5 Å². The molecule has 3 nitrogen and oxygen atoms in total. The molecule has 18 heavy (non-hydrogen) atoms. The van der Waals surface area contributed by atoms with Gasteiger partial charge in [0, 0.05) is 12.6 Å². The van der Waals surface area contributed by atoms with Crippen molar-refractivity contribution in [2.24, 2.45) is 5.92 Å². The van der Waals surface area contributed by atoms with Crippen LogP contribution in [0.15, 0.2) is 16.6 Å². The van der Waals surface area contributed by atoms with Crippen LogP contribution in [0.3, 0.4) is 0 Å². The molecule has 1 fully saturated rings. The zero-order chi connectivity index (χ0) is 12.5. The Morgan fingerprint density at radius 3 is 3.00 bits per heavy atom. The van der Waals surface area contributed by atoms with Gasteiger partial charge in [-0.1, -0.05) is 12.8 Å². The first-order valence-corrected chi connectivity index (χ1v) is 7.33. The molecule has 2 aliphatic rings. The van der Waals surface area contributed by atoms with Crippen LogP contribution in [0.1, 0.15) is 31.7 Å². The lowest BCUT2D eigenvalue weighted by Gasteiger charge is -2.13. The minimum Gasteiger partial charge on any atom is -0.454 e. The van der Waals surface area contributed by atoms with E-state index >= 15 is 0 Å². The van der Waals surface area contributed by atoms with Crippen LogP contribution in [-0.4, -0.2) is 12.8 Å². The molecule has 3 rings (SSSR count). The maximum absolute atomic E-state index is 5.42. The van der Waals surface area contributed by atoms with Gasteiger partial charge in [0.2, 0.25) is 6.79 Å². The van der Waals surface area contributed by atoms with Crippen LogP contribution in [-0.2, 0) is 6.54 Å². The third-order valence-corrected chi connectivity index (χ3v) is 4.11. The van der Waals surface area contributed by atoms with Crippen molar-refractivity contribution in [3.05, 3.63) is 22.2 Å². The Kier molecular flexibility index (Phi) is 3.48. The van der Waals surface area contributed by atoms with E-state index in [0.29, 0.717) is 12.8 Å². The van der Waals surface area contributed by atoms with Crippen LogP contribution < -0.4 is 14.8 Å². The first kappa shape index (κ1) is 12.3. The Morgan fingerprint density at radius 1 is 1.39 bits per heavy atom. The summed E-state index contributed by atoms with van der Waals surface area (Å²) in [5, 5.41) is 3.57. The van der Waals surface area contributed by atoms with Gasteiger partial charge in [0.05, 0.1) is 4.47 Å². The van der Waals surface area contributed by atoms with E-state index in [1.165, 1.54) is 24.8 Å². The number of rotatable bonds is 5. The summed E-state index contributed by atoms with van der Waals surface area (Å²) in [5.41, 5.74) is 1.23. The summed E-state index contributed by atoms with van der Waals surface area (Å²) in [7, 11) is 0. The Balaban J connectivity index is 1.60. The lowest BCUT2D eigenvalue weighted by atomic mass is 10.1. The molecule has 4 heteroatoms. The molecule has 0 saturated heterocycles. The molecule has 1 aliphatic heterocycles. The van der Waals surface area contributed by atoms with E-state index in [4.69, 9.17) is 9.47 Å². The molecule has 1 unspecified atom stereocenters. The molecule has 98 valence electrons. The molecule has 1 heterocycles. The van der Waals surface area contributed by atoms with Crippen LogP contribution in [0.5, 0.6) is 11.5 Å². The Morgan fingerprint density at radius 2 is 2.22 bits per heavy atom. The topological polar surface area (TPSA) is 30.5 Å². The summed E-state index contributed by atoms with van der Waals surface area (Å²) >= 11 is 3.52. The number of ether oxygens (including phenoxy) is 2. The normalized spacial score (nSPS) is 19.0. The van der Waals surface area contributed by atoms with Crippen LogP contribution in [0, 0.1) is 5.92 Å². The number of benzene rings is 1. The second-order valence-corrected chi connectivity index (χ2v) is 6.13. The van der Waals surface area contributed by atoms with E-state index in [-0.39, 0.29) is 0 Å². The fourth-order valence-electron chi connectivity index (χ4n) is 2.35. The second kappa shape index (κ2) is 5.10. The summed E-state index contributed by atoms with van der Waals surface area (Å²) < 4.78 is 11.8. The molecular weight excluding hydrogens is 294 g/mol. The zero-order valence-electron chi connectivity index (χ0n) is 10.5. The third kappa shape index (κ3) is 2.81. The number of nitrogens with one attached hydrogen (secondary N) is 1. The first-order valence-electron chi connectivity index (χ1n) is 6.54. The molecule has 1 aromatic carbocycles. The number of fused-ring (bicyclic) bond motifs is 1. The quantitative estimate of drug-likeness (QED) is 0.903. The van der Waals surface area contributed by atoms with Crippen LogP contribution in [0.25, 0.3) is 0 Å². The van der Waals surface area contributed by atoms with Crippen molar-refractivity contribution < 1.29 is 9.47 Å². The van der Waals surface area contributed by atoms with Gasteiger partial charge in [0.15, 0.2) is 11.5 Å². The van der Waals surface area contributed by atoms with Gasteiger partial charge in [0.25, 0.3) is 0 Å². The van der Waals surface area contributed by atoms with Gasteiger partial charge in [-0.15, -0.1) is 0 Å². The van der Waals surface area contributed by atoms with Crippen molar-refractivity contribution in [3.63, 3.8) is 0 Å². The van der Waals surface area contributed by atoms with Crippen LogP contribution in [0.2, 0.25) is 0 Å². The van der Waals surface area contributed by atoms with Gasteiger partial charge in [-0.05, 0) is 52.9 Å². The largest absolute Gasteiger partial charge is 0.454 e. The van der Waals surface area contributed by atoms with E-state index in [1.807, 2.05) is 0 Å². The molecule has 1 atom stereocenters. The highest BCUT2D eigenvalue weighted by molar-refractivity contribution is 9.10. The highest BCUT2D eigenvalue weighted by Gasteiger charge is 2.23. The lowest BCUT2D eigenvalue weighted by molar-refractivity contribution is 0.173. The molecule has 0 spiro atoms. The number of halogens is 1. The SMILES string of the molecule is CC(CC1CC1)NCc1cc(Br)c2c(c1)OCO2. The Bertz CT molecular complexity index is 446. The molecule has 0 bridgehead atoms. The van der Waals surface area contributed by atoms with E-state index in [2.05, 4.69) is 40.3 Å². The van der Waals surface area contributed by atoms with Crippen molar-refractivity contribution in [2.75, 3.05) is 6.79 Å². The fraction of sp³-hybridized carbons (Fsp3) is 0.571. The van der Waals surface area contributed by atoms with Crippen molar-refractivity contribution in [2.45, 2.75) is 38.8 Å². The average Bonchev–Trinajstić information content (AvgIpc) is 3.01. The first-order chi connectivity index (χ1) is 8.72. The van der Waals surface area contributed by atoms with Crippen molar-refractivity contribution in [1.82, 2.24) is 5.32 Å². The molecule has 1 aromatic rings. The van der Waals surface area contributed by atoms with Gasteiger partial charge in [0.1, 0.15) is 0 Å². The van der Waals surface area contributed by atoms with Gasteiger partial charge in [-0.3, -0.25) is 0 Å². The predicted octanol–water partition coefficient (Wildman–Crippen LogP) is 3.46. The standard InChI is InChI=1S/C14H18BrNO2/c1-9(4-10-2-3-10)16-7-11-5-12(15)14-13(6-11)17-8-18-14/h5-6,9-10,16H,2-4,7-8H2,1H3. The molecule has 0 aromatic heterocycles. The molecule has 0 amide bonds. The van der Waals surface area contributed by atoms with E-state index in [1.54, 1.807) is 0 Å². The number of hydrogen-bond donors (Lipinski definition) is 1. The minimum atomic E-state index is 0.322. The second-order valence-electron chi connectivity index (χ2n) is 5.27. The fourth-order valence-corrected chi connectivity index (χ4v) is 2.96. The molecular formula is C14H18BrNO2.